The summed E-state index contributed by atoms with van der Waals surface area (Å²) in [6, 6.07) is 6.54. The number of aromatic nitrogens is 3. The minimum absolute atomic E-state index is 0.0552. The highest BCUT2D eigenvalue weighted by molar-refractivity contribution is 5.79. The maximum Gasteiger partial charge on any atom is 0.233 e. The molecule has 198 valence electrons. The maximum atomic E-state index is 13.5. The number of pyridine rings is 1. The Kier molecular flexibility index (Phi) is 7.66. The average molecular weight is 513 g/mol. The van der Waals surface area contributed by atoms with E-state index >= 15 is 0 Å². The van der Waals surface area contributed by atoms with Crippen molar-refractivity contribution in [3.63, 3.8) is 0 Å². The number of halogens is 2. The lowest BCUT2D eigenvalue weighted by Gasteiger charge is -2.38. The Hall–Kier alpha value is -3.11. The second kappa shape index (κ2) is 11.1. The van der Waals surface area contributed by atoms with Gasteiger partial charge in [0.2, 0.25) is 5.91 Å². The first-order valence-electron chi connectivity index (χ1n) is 13.0. The van der Waals surface area contributed by atoms with E-state index in [9.17, 15) is 13.6 Å². The van der Waals surface area contributed by atoms with Gasteiger partial charge in [0.15, 0.2) is 11.6 Å². The summed E-state index contributed by atoms with van der Waals surface area (Å²) in [6.45, 7) is 2.20. The van der Waals surface area contributed by atoms with Gasteiger partial charge in [-0.05, 0) is 57.7 Å². The maximum absolute atomic E-state index is 13.5. The standard InChI is InChI=1S/C27H34F2N6O2/c1-30-26(36)16-34(2)18-4-6-19(7-5-18)37-20-9-11-35(12-10-20)25-8-3-17(15-31-25)27-32-23-13-21(28)22(29)14-24(23)33-27/h3,8,13-15,18-20H,4-7,9-12,16H2,1-2H3,(H,30,36)(H,32,33). The van der Waals surface area contributed by atoms with E-state index in [-0.39, 0.29) is 12.0 Å². The molecule has 2 fully saturated rings. The van der Waals surface area contributed by atoms with Crippen LogP contribution in [-0.4, -0.2) is 77.7 Å². The monoisotopic (exact) mass is 512 g/mol. The fraction of sp³-hybridized carbons (Fsp3) is 0.519. The molecule has 3 heterocycles. The number of ether oxygens (including phenoxy) is 1. The highest BCUT2D eigenvalue weighted by atomic mass is 19.2. The first kappa shape index (κ1) is 25.5. The Morgan fingerprint density at radius 1 is 1.11 bits per heavy atom. The lowest BCUT2D eigenvalue weighted by atomic mass is 9.91. The Morgan fingerprint density at radius 2 is 1.81 bits per heavy atom. The summed E-state index contributed by atoms with van der Waals surface area (Å²) in [5.41, 5.74) is 1.59. The highest BCUT2D eigenvalue weighted by Crippen LogP contribution is 2.29. The third-order valence-electron chi connectivity index (χ3n) is 7.64. The molecular weight excluding hydrogens is 478 g/mol. The van der Waals surface area contributed by atoms with Crippen LogP contribution in [0, 0.1) is 11.6 Å². The zero-order chi connectivity index (χ0) is 25.9. The lowest BCUT2D eigenvalue weighted by molar-refractivity contribution is -0.122. The first-order chi connectivity index (χ1) is 17.9. The van der Waals surface area contributed by atoms with Crippen molar-refractivity contribution in [2.75, 3.05) is 38.6 Å². The van der Waals surface area contributed by atoms with Crippen molar-refractivity contribution in [3.05, 3.63) is 42.1 Å². The number of anilines is 1. The number of nitrogens with one attached hydrogen (secondary N) is 2. The SMILES string of the molecule is CNC(=O)CN(C)C1CCC(OC2CCN(c3ccc(-c4nc5cc(F)c(F)cc5[nH]4)cn3)CC2)CC1. The van der Waals surface area contributed by atoms with E-state index < -0.39 is 11.6 Å². The Balaban J connectivity index is 1.10. The molecule has 1 saturated carbocycles. The molecule has 1 amide bonds. The average Bonchev–Trinajstić information content (AvgIpc) is 3.32. The van der Waals surface area contributed by atoms with Crippen molar-refractivity contribution >= 4 is 22.8 Å². The molecule has 0 bridgehead atoms. The number of carbonyl (C=O) groups excluding carboxylic acids is 1. The summed E-state index contributed by atoms with van der Waals surface area (Å²) >= 11 is 0. The molecule has 3 aromatic rings. The zero-order valence-electron chi connectivity index (χ0n) is 21.3. The van der Waals surface area contributed by atoms with Crippen LogP contribution in [0.5, 0.6) is 0 Å². The van der Waals surface area contributed by atoms with Crippen LogP contribution in [0.25, 0.3) is 22.4 Å². The molecule has 2 aliphatic rings. The van der Waals surface area contributed by atoms with Crippen LogP contribution in [0.2, 0.25) is 0 Å². The molecule has 0 radical (unpaired) electrons. The number of hydrogen-bond donors (Lipinski definition) is 2. The van der Waals surface area contributed by atoms with Gasteiger partial charge in [-0.25, -0.2) is 18.7 Å². The summed E-state index contributed by atoms with van der Waals surface area (Å²) in [7, 11) is 3.70. The molecule has 1 aliphatic heterocycles. The van der Waals surface area contributed by atoms with Gasteiger partial charge in [-0.2, -0.15) is 0 Å². The third-order valence-corrected chi connectivity index (χ3v) is 7.64. The van der Waals surface area contributed by atoms with Gasteiger partial charge >= 0.3 is 0 Å². The van der Waals surface area contributed by atoms with Crippen molar-refractivity contribution in [1.82, 2.24) is 25.2 Å². The van der Waals surface area contributed by atoms with Crippen LogP contribution >= 0.6 is 0 Å². The minimum atomic E-state index is -0.912. The number of carbonyl (C=O) groups is 1. The molecule has 10 heteroatoms. The number of benzene rings is 1. The largest absolute Gasteiger partial charge is 0.375 e. The van der Waals surface area contributed by atoms with Crippen LogP contribution < -0.4 is 10.2 Å². The topological polar surface area (TPSA) is 86.4 Å². The Bertz CT molecular complexity index is 1180. The summed E-state index contributed by atoms with van der Waals surface area (Å²) in [4.78, 5) is 28.1. The fourth-order valence-electron chi connectivity index (χ4n) is 5.40. The number of amides is 1. The number of piperidine rings is 1. The van der Waals surface area contributed by atoms with Crippen molar-refractivity contribution in [1.29, 1.82) is 0 Å². The smallest absolute Gasteiger partial charge is 0.233 e. The Labute approximate surface area is 215 Å². The number of fused-ring (bicyclic) bond motifs is 1. The van der Waals surface area contributed by atoms with Gasteiger partial charge in [-0.3, -0.25) is 9.69 Å². The van der Waals surface area contributed by atoms with Gasteiger partial charge in [0, 0.05) is 50.1 Å². The van der Waals surface area contributed by atoms with E-state index in [1.54, 1.807) is 13.2 Å². The number of H-pyrrole nitrogens is 1. The lowest BCUT2D eigenvalue weighted by Crippen LogP contribution is -2.43. The van der Waals surface area contributed by atoms with Gasteiger partial charge in [-0.1, -0.05) is 0 Å². The Morgan fingerprint density at radius 3 is 2.49 bits per heavy atom. The zero-order valence-corrected chi connectivity index (χ0v) is 21.3. The number of hydrogen-bond acceptors (Lipinski definition) is 6. The van der Waals surface area contributed by atoms with Crippen molar-refractivity contribution in [3.8, 4) is 11.4 Å². The fourth-order valence-corrected chi connectivity index (χ4v) is 5.40. The predicted molar refractivity (Wildman–Crippen MR) is 138 cm³/mol. The quantitative estimate of drug-likeness (QED) is 0.500. The number of nitrogens with zero attached hydrogens (tertiary/aromatic N) is 4. The molecule has 0 spiro atoms. The number of aromatic amines is 1. The molecule has 1 aliphatic carbocycles. The molecule has 2 N–H and O–H groups in total. The van der Waals surface area contributed by atoms with Crippen LogP contribution in [0.15, 0.2) is 30.5 Å². The van der Waals surface area contributed by atoms with Gasteiger partial charge in [0.05, 0.1) is 29.8 Å². The van der Waals surface area contributed by atoms with Crippen molar-refractivity contribution < 1.29 is 18.3 Å². The summed E-state index contributed by atoms with van der Waals surface area (Å²) in [5, 5.41) is 2.69. The normalized spacial score (nSPS) is 21.1. The molecule has 5 rings (SSSR count). The molecule has 1 aromatic carbocycles. The van der Waals surface area contributed by atoms with Crippen LogP contribution in [-0.2, 0) is 9.53 Å². The van der Waals surface area contributed by atoms with E-state index in [4.69, 9.17) is 4.74 Å². The van der Waals surface area contributed by atoms with Gasteiger partial charge in [0.25, 0.3) is 0 Å². The highest BCUT2D eigenvalue weighted by Gasteiger charge is 2.29. The van der Waals surface area contributed by atoms with Crippen LogP contribution in [0.3, 0.4) is 0 Å². The van der Waals surface area contributed by atoms with Crippen LogP contribution in [0.4, 0.5) is 14.6 Å². The summed E-state index contributed by atoms with van der Waals surface area (Å²) in [6.07, 6.45) is 8.40. The molecule has 37 heavy (non-hydrogen) atoms. The molecule has 8 nitrogen and oxygen atoms in total. The summed E-state index contributed by atoms with van der Waals surface area (Å²) < 4.78 is 33.5. The minimum Gasteiger partial charge on any atom is -0.375 e. The first-order valence-corrected chi connectivity index (χ1v) is 13.0. The number of likely N-dealkylation sites (N-methyl/N-ethyl adjacent to an activating group) is 2. The van der Waals surface area contributed by atoms with Crippen molar-refractivity contribution in [2.45, 2.75) is 56.8 Å². The van der Waals surface area contributed by atoms with Gasteiger partial charge in [0.1, 0.15) is 11.6 Å². The van der Waals surface area contributed by atoms with E-state index in [1.165, 1.54) is 0 Å². The number of imidazole rings is 1. The van der Waals surface area contributed by atoms with Gasteiger partial charge in [-0.15, -0.1) is 0 Å². The summed E-state index contributed by atoms with van der Waals surface area (Å²) in [5.74, 6) is -0.332. The molecule has 1 saturated heterocycles. The molecule has 0 unspecified atom stereocenters. The second-order valence-electron chi connectivity index (χ2n) is 10.1. The third kappa shape index (κ3) is 5.91. The van der Waals surface area contributed by atoms with Gasteiger partial charge < -0.3 is 19.9 Å². The molecule has 0 atom stereocenters. The van der Waals surface area contributed by atoms with E-state index in [2.05, 4.69) is 30.1 Å². The molecular formula is C27H34F2N6O2. The molecule has 2 aromatic heterocycles. The second-order valence-corrected chi connectivity index (χ2v) is 10.1. The predicted octanol–water partition coefficient (Wildman–Crippen LogP) is 3.88. The van der Waals surface area contributed by atoms with E-state index in [0.29, 0.717) is 35.5 Å². The van der Waals surface area contributed by atoms with Crippen molar-refractivity contribution in [2.24, 2.45) is 0 Å². The van der Waals surface area contributed by atoms with E-state index in [0.717, 1.165) is 75.1 Å². The number of rotatable bonds is 7. The van der Waals surface area contributed by atoms with Crippen LogP contribution in [0.1, 0.15) is 38.5 Å². The van der Waals surface area contributed by atoms with E-state index in [1.807, 2.05) is 19.2 Å².